The number of carbonyl (C=O) groups excluding carboxylic acids is 2. The molecule has 0 bridgehead atoms. The van der Waals surface area contributed by atoms with Crippen LogP contribution in [0.3, 0.4) is 0 Å². The van der Waals surface area contributed by atoms with Gasteiger partial charge in [0.2, 0.25) is 5.91 Å². The minimum atomic E-state index is -0.405. The van der Waals surface area contributed by atoms with E-state index in [2.05, 4.69) is 10.6 Å². The second-order valence-electron chi connectivity index (χ2n) is 6.51. The van der Waals surface area contributed by atoms with Gasteiger partial charge < -0.3 is 20.3 Å². The molecule has 0 aromatic heterocycles. The smallest absolute Gasteiger partial charge is 0.253 e. The molecular formula is C18H25ClFN3O3. The summed E-state index contributed by atoms with van der Waals surface area (Å²) in [4.78, 5) is 26.5. The van der Waals surface area contributed by atoms with E-state index >= 15 is 0 Å². The van der Waals surface area contributed by atoms with Crippen LogP contribution in [0.2, 0.25) is 0 Å². The summed E-state index contributed by atoms with van der Waals surface area (Å²) in [7, 11) is 0. The summed E-state index contributed by atoms with van der Waals surface area (Å²) < 4.78 is 18.4. The van der Waals surface area contributed by atoms with E-state index in [0.29, 0.717) is 45.6 Å². The Balaban J connectivity index is 0.00000243. The Morgan fingerprint density at radius 1 is 1.23 bits per heavy atom. The molecule has 2 fully saturated rings. The fraction of sp³-hybridized carbons (Fsp3) is 0.556. The van der Waals surface area contributed by atoms with Gasteiger partial charge in [-0.3, -0.25) is 9.59 Å². The maximum atomic E-state index is 12.9. The highest BCUT2D eigenvalue weighted by Gasteiger charge is 2.31. The first kappa shape index (κ1) is 20.6. The molecule has 1 aromatic carbocycles. The molecular weight excluding hydrogens is 361 g/mol. The van der Waals surface area contributed by atoms with Crippen molar-refractivity contribution in [2.24, 2.45) is 5.92 Å². The quantitative estimate of drug-likeness (QED) is 0.814. The van der Waals surface area contributed by atoms with Crippen LogP contribution in [0.5, 0.6) is 0 Å². The Morgan fingerprint density at radius 3 is 2.54 bits per heavy atom. The number of morpholine rings is 1. The van der Waals surface area contributed by atoms with Gasteiger partial charge in [-0.25, -0.2) is 4.39 Å². The van der Waals surface area contributed by atoms with Crippen molar-refractivity contribution in [3.63, 3.8) is 0 Å². The van der Waals surface area contributed by atoms with Crippen molar-refractivity contribution in [3.8, 4) is 0 Å². The fourth-order valence-corrected chi connectivity index (χ4v) is 3.23. The Kier molecular flexibility index (Phi) is 7.81. The van der Waals surface area contributed by atoms with E-state index in [9.17, 15) is 14.0 Å². The molecule has 3 rings (SSSR count). The van der Waals surface area contributed by atoms with E-state index < -0.39 is 6.10 Å². The summed E-state index contributed by atoms with van der Waals surface area (Å²) in [5.41, 5.74) is 0.865. The van der Waals surface area contributed by atoms with Gasteiger partial charge in [-0.2, -0.15) is 0 Å². The zero-order chi connectivity index (χ0) is 17.6. The van der Waals surface area contributed by atoms with Crippen molar-refractivity contribution in [2.75, 3.05) is 32.8 Å². The standard InChI is InChI=1S/C18H24FN3O3.ClH/c19-15-3-1-13(2-4-15)11-21-17(23)14-5-8-22(9-6-14)18(24)16-12-20-7-10-25-16;/h1-4,14,16,20H,5-12H2,(H,21,23);1H. The zero-order valence-electron chi connectivity index (χ0n) is 14.6. The monoisotopic (exact) mass is 385 g/mol. The Bertz CT molecular complexity index is 600. The van der Waals surface area contributed by atoms with Crippen LogP contribution >= 0.6 is 12.4 Å². The van der Waals surface area contributed by atoms with E-state index in [4.69, 9.17) is 4.74 Å². The number of carbonyl (C=O) groups is 2. The van der Waals surface area contributed by atoms with Crippen LogP contribution in [0, 0.1) is 11.7 Å². The summed E-state index contributed by atoms with van der Waals surface area (Å²) >= 11 is 0. The normalized spacial score (nSPS) is 21.0. The third kappa shape index (κ3) is 5.40. The van der Waals surface area contributed by atoms with E-state index in [-0.39, 0.29) is 36.0 Å². The highest BCUT2D eigenvalue weighted by Crippen LogP contribution is 2.19. The van der Waals surface area contributed by atoms with Gasteiger partial charge >= 0.3 is 0 Å². The van der Waals surface area contributed by atoms with Crippen LogP contribution in [0.4, 0.5) is 4.39 Å². The van der Waals surface area contributed by atoms with E-state index in [1.807, 2.05) is 0 Å². The predicted octanol–water partition coefficient (Wildman–Crippen LogP) is 1.09. The maximum Gasteiger partial charge on any atom is 0.253 e. The van der Waals surface area contributed by atoms with Gasteiger partial charge in [0.25, 0.3) is 5.91 Å². The van der Waals surface area contributed by atoms with Gasteiger partial charge in [-0.05, 0) is 30.5 Å². The summed E-state index contributed by atoms with van der Waals surface area (Å²) in [6.07, 6.45) is 0.903. The molecule has 6 nitrogen and oxygen atoms in total. The number of halogens is 2. The molecule has 1 atom stereocenters. The van der Waals surface area contributed by atoms with Crippen molar-refractivity contribution in [1.29, 1.82) is 0 Å². The summed E-state index contributed by atoms with van der Waals surface area (Å²) in [5.74, 6) is -0.372. The molecule has 8 heteroatoms. The lowest BCUT2D eigenvalue weighted by molar-refractivity contribution is -0.147. The van der Waals surface area contributed by atoms with Crippen LogP contribution < -0.4 is 10.6 Å². The molecule has 2 heterocycles. The molecule has 2 N–H and O–H groups in total. The van der Waals surface area contributed by atoms with Crippen molar-refractivity contribution < 1.29 is 18.7 Å². The highest BCUT2D eigenvalue weighted by molar-refractivity contribution is 5.85. The lowest BCUT2D eigenvalue weighted by atomic mass is 9.95. The zero-order valence-corrected chi connectivity index (χ0v) is 15.4. The number of hydrogen-bond donors (Lipinski definition) is 2. The summed E-state index contributed by atoms with van der Waals surface area (Å²) in [5, 5.41) is 6.05. The minimum Gasteiger partial charge on any atom is -0.366 e. The number of nitrogens with zero attached hydrogens (tertiary/aromatic N) is 1. The first-order valence-electron chi connectivity index (χ1n) is 8.77. The molecule has 0 radical (unpaired) electrons. The molecule has 2 aliphatic rings. The number of amides is 2. The molecule has 0 saturated carbocycles. The van der Waals surface area contributed by atoms with Gasteiger partial charge in [0.15, 0.2) is 0 Å². The van der Waals surface area contributed by atoms with Crippen LogP contribution in [0.15, 0.2) is 24.3 Å². The maximum absolute atomic E-state index is 12.9. The number of likely N-dealkylation sites (tertiary alicyclic amines) is 1. The van der Waals surface area contributed by atoms with Crippen molar-refractivity contribution in [3.05, 3.63) is 35.6 Å². The first-order valence-corrected chi connectivity index (χ1v) is 8.77. The SMILES string of the molecule is Cl.O=C(NCc1ccc(F)cc1)C1CCN(C(=O)C2CNCCO2)CC1. The van der Waals surface area contributed by atoms with E-state index in [1.165, 1.54) is 12.1 Å². The first-order chi connectivity index (χ1) is 12.1. The second kappa shape index (κ2) is 9.85. The van der Waals surface area contributed by atoms with Gasteiger partial charge in [-0.1, -0.05) is 12.1 Å². The van der Waals surface area contributed by atoms with Crippen molar-refractivity contribution in [2.45, 2.75) is 25.5 Å². The molecule has 1 aromatic rings. The predicted molar refractivity (Wildman–Crippen MR) is 97.4 cm³/mol. The van der Waals surface area contributed by atoms with Gasteiger partial charge in [-0.15, -0.1) is 12.4 Å². The lowest BCUT2D eigenvalue weighted by Crippen LogP contribution is -2.52. The molecule has 1 unspecified atom stereocenters. The Hall–Kier alpha value is -1.70. The van der Waals surface area contributed by atoms with Crippen molar-refractivity contribution in [1.82, 2.24) is 15.5 Å². The molecule has 144 valence electrons. The molecule has 2 aliphatic heterocycles. The topological polar surface area (TPSA) is 70.7 Å². The second-order valence-corrected chi connectivity index (χ2v) is 6.51. The average molecular weight is 386 g/mol. The van der Waals surface area contributed by atoms with E-state index in [0.717, 1.165) is 12.1 Å². The van der Waals surface area contributed by atoms with Crippen LogP contribution in [0.25, 0.3) is 0 Å². The molecule has 0 aliphatic carbocycles. The average Bonchev–Trinajstić information content (AvgIpc) is 2.67. The van der Waals surface area contributed by atoms with E-state index in [1.54, 1.807) is 17.0 Å². The fourth-order valence-electron chi connectivity index (χ4n) is 3.23. The number of hydrogen-bond acceptors (Lipinski definition) is 4. The summed E-state index contributed by atoms with van der Waals surface area (Å²) in [6, 6.07) is 6.09. The van der Waals surface area contributed by atoms with Crippen molar-refractivity contribution >= 4 is 24.2 Å². The van der Waals surface area contributed by atoms with Crippen LogP contribution in [-0.4, -0.2) is 55.6 Å². The van der Waals surface area contributed by atoms with Crippen LogP contribution in [-0.2, 0) is 20.9 Å². The third-order valence-electron chi connectivity index (χ3n) is 4.76. The van der Waals surface area contributed by atoms with Gasteiger partial charge in [0, 0.05) is 38.6 Å². The molecule has 2 saturated heterocycles. The number of benzene rings is 1. The largest absolute Gasteiger partial charge is 0.366 e. The molecule has 0 spiro atoms. The number of piperidine rings is 1. The third-order valence-corrected chi connectivity index (χ3v) is 4.76. The molecule has 26 heavy (non-hydrogen) atoms. The highest BCUT2D eigenvalue weighted by atomic mass is 35.5. The Morgan fingerprint density at radius 2 is 1.92 bits per heavy atom. The van der Waals surface area contributed by atoms with Gasteiger partial charge in [0.05, 0.1) is 6.61 Å². The lowest BCUT2D eigenvalue weighted by Gasteiger charge is -2.34. The Labute approximate surface area is 158 Å². The number of ether oxygens (including phenoxy) is 1. The molecule has 2 amide bonds. The minimum absolute atomic E-state index is 0. The number of nitrogens with one attached hydrogen (secondary N) is 2. The van der Waals surface area contributed by atoms with Crippen LogP contribution in [0.1, 0.15) is 18.4 Å². The summed E-state index contributed by atoms with van der Waals surface area (Å²) in [6.45, 7) is 3.43. The van der Waals surface area contributed by atoms with Gasteiger partial charge in [0.1, 0.15) is 11.9 Å². The number of rotatable bonds is 4.